The van der Waals surface area contributed by atoms with Crippen LogP contribution in [0.3, 0.4) is 0 Å². The predicted octanol–water partition coefficient (Wildman–Crippen LogP) is 0.000300. The fourth-order valence-electron chi connectivity index (χ4n) is 2.75. The summed E-state index contributed by atoms with van der Waals surface area (Å²) < 4.78 is 5.23. The third-order valence-electron chi connectivity index (χ3n) is 3.99. The molecule has 0 bridgehead atoms. The minimum atomic E-state index is -0.369. The molecule has 0 saturated carbocycles. The van der Waals surface area contributed by atoms with E-state index in [0.717, 1.165) is 5.56 Å². The van der Waals surface area contributed by atoms with Crippen molar-refractivity contribution in [3.8, 4) is 5.75 Å². The molecule has 1 N–H and O–H groups in total. The molecule has 0 aliphatic carbocycles. The summed E-state index contributed by atoms with van der Waals surface area (Å²) >= 11 is 0. The second kappa shape index (κ2) is 5.67. The molecule has 1 aromatic carbocycles. The lowest BCUT2D eigenvalue weighted by Gasteiger charge is -2.42. The van der Waals surface area contributed by atoms with Crippen LogP contribution in [-0.2, 0) is 16.0 Å². The Balaban J connectivity index is 1.57. The maximum atomic E-state index is 12.3. The molecule has 22 heavy (non-hydrogen) atoms. The third-order valence-corrected chi connectivity index (χ3v) is 3.99. The third kappa shape index (κ3) is 2.49. The Morgan fingerprint density at radius 2 is 2.05 bits per heavy atom. The number of carbonyl (C=O) groups is 3. The number of carbonyl (C=O) groups excluding carboxylic acids is 3. The first-order valence-electron chi connectivity index (χ1n) is 7.09. The summed E-state index contributed by atoms with van der Waals surface area (Å²) in [5.41, 5.74) is 0.827. The lowest BCUT2D eigenvalue weighted by atomic mass is 10.0. The van der Waals surface area contributed by atoms with Gasteiger partial charge in [-0.25, -0.2) is 4.79 Å². The number of hydrogen-bond donors (Lipinski definition) is 1. The van der Waals surface area contributed by atoms with E-state index in [1.807, 2.05) is 24.3 Å². The van der Waals surface area contributed by atoms with Crippen LogP contribution >= 0.6 is 0 Å². The SMILES string of the molecule is COc1ccccc1CC(=O)N1CC(N2C(=O)CNC2=O)C1. The zero-order valence-corrected chi connectivity index (χ0v) is 12.2. The van der Waals surface area contributed by atoms with E-state index in [9.17, 15) is 14.4 Å². The van der Waals surface area contributed by atoms with Crippen LogP contribution in [0.4, 0.5) is 4.79 Å². The molecule has 0 spiro atoms. The number of ether oxygens (including phenoxy) is 1. The number of nitrogens with one attached hydrogen (secondary N) is 1. The summed E-state index contributed by atoms with van der Waals surface area (Å²) in [6.45, 7) is 0.838. The number of nitrogens with zero attached hydrogens (tertiary/aromatic N) is 2. The number of imide groups is 1. The van der Waals surface area contributed by atoms with Gasteiger partial charge in [-0.3, -0.25) is 14.5 Å². The maximum absolute atomic E-state index is 12.3. The molecule has 7 heteroatoms. The number of para-hydroxylation sites is 1. The van der Waals surface area contributed by atoms with Crippen molar-refractivity contribution in [1.29, 1.82) is 0 Å². The molecule has 2 saturated heterocycles. The number of amides is 4. The van der Waals surface area contributed by atoms with Crippen molar-refractivity contribution in [2.24, 2.45) is 0 Å². The molecule has 0 unspecified atom stereocenters. The number of rotatable bonds is 4. The topological polar surface area (TPSA) is 79.0 Å². The van der Waals surface area contributed by atoms with E-state index in [1.165, 1.54) is 4.90 Å². The van der Waals surface area contributed by atoms with Crippen LogP contribution in [-0.4, -0.2) is 60.4 Å². The summed E-state index contributed by atoms with van der Waals surface area (Å²) in [5, 5.41) is 2.48. The molecule has 2 fully saturated rings. The average Bonchev–Trinajstić information content (AvgIpc) is 2.78. The Morgan fingerprint density at radius 3 is 2.68 bits per heavy atom. The molecule has 2 heterocycles. The van der Waals surface area contributed by atoms with Crippen LogP contribution in [0.5, 0.6) is 5.75 Å². The molecule has 4 amide bonds. The quantitative estimate of drug-likeness (QED) is 0.794. The van der Waals surface area contributed by atoms with Gasteiger partial charge in [-0.1, -0.05) is 18.2 Å². The van der Waals surface area contributed by atoms with Gasteiger partial charge in [-0.15, -0.1) is 0 Å². The molecular formula is C15H17N3O4. The number of benzene rings is 1. The first kappa shape index (κ1) is 14.4. The zero-order chi connectivity index (χ0) is 15.7. The lowest BCUT2D eigenvalue weighted by molar-refractivity contribution is -0.141. The van der Waals surface area contributed by atoms with Gasteiger partial charge in [0.05, 0.1) is 26.1 Å². The Bertz CT molecular complexity index is 609. The summed E-state index contributed by atoms with van der Waals surface area (Å²) in [4.78, 5) is 38.3. The van der Waals surface area contributed by atoms with Crippen molar-refractivity contribution in [3.63, 3.8) is 0 Å². The standard InChI is InChI=1S/C15H17N3O4/c1-22-12-5-3-2-4-10(12)6-13(19)17-8-11(9-17)18-14(20)7-16-15(18)21/h2-5,11H,6-9H2,1H3,(H,16,21). The fraction of sp³-hybridized carbons (Fsp3) is 0.400. The van der Waals surface area contributed by atoms with Gasteiger partial charge in [0.25, 0.3) is 0 Å². The summed E-state index contributed by atoms with van der Waals surface area (Å²) in [7, 11) is 1.57. The van der Waals surface area contributed by atoms with Gasteiger partial charge < -0.3 is 15.0 Å². The molecule has 1 aromatic rings. The van der Waals surface area contributed by atoms with E-state index in [4.69, 9.17) is 4.74 Å². The molecule has 0 atom stereocenters. The van der Waals surface area contributed by atoms with Gasteiger partial charge in [0.1, 0.15) is 5.75 Å². The fourth-order valence-corrected chi connectivity index (χ4v) is 2.75. The first-order chi connectivity index (χ1) is 10.6. The highest BCUT2D eigenvalue weighted by Crippen LogP contribution is 2.22. The van der Waals surface area contributed by atoms with Crippen molar-refractivity contribution >= 4 is 17.8 Å². The Morgan fingerprint density at radius 1 is 1.32 bits per heavy atom. The second-order valence-corrected chi connectivity index (χ2v) is 5.36. The van der Waals surface area contributed by atoms with Crippen LogP contribution in [0.15, 0.2) is 24.3 Å². The smallest absolute Gasteiger partial charge is 0.324 e. The Hall–Kier alpha value is -2.57. The van der Waals surface area contributed by atoms with Crippen molar-refractivity contribution in [3.05, 3.63) is 29.8 Å². The maximum Gasteiger partial charge on any atom is 0.324 e. The monoisotopic (exact) mass is 303 g/mol. The van der Waals surface area contributed by atoms with E-state index in [-0.39, 0.29) is 36.9 Å². The van der Waals surface area contributed by atoms with Gasteiger partial charge in [-0.05, 0) is 6.07 Å². The van der Waals surface area contributed by atoms with E-state index in [2.05, 4.69) is 5.32 Å². The van der Waals surface area contributed by atoms with Gasteiger partial charge in [0.15, 0.2) is 0 Å². The van der Waals surface area contributed by atoms with E-state index >= 15 is 0 Å². The van der Waals surface area contributed by atoms with Crippen molar-refractivity contribution in [1.82, 2.24) is 15.1 Å². The summed E-state index contributed by atoms with van der Waals surface area (Å²) in [5.74, 6) is 0.418. The van der Waals surface area contributed by atoms with Gasteiger partial charge in [-0.2, -0.15) is 0 Å². The minimum absolute atomic E-state index is 0.0344. The molecule has 3 rings (SSSR count). The highest BCUT2D eigenvalue weighted by molar-refractivity contribution is 6.02. The number of likely N-dealkylation sites (tertiary alicyclic amines) is 1. The predicted molar refractivity (Wildman–Crippen MR) is 77.3 cm³/mol. The highest BCUT2D eigenvalue weighted by atomic mass is 16.5. The molecule has 2 aliphatic rings. The molecule has 116 valence electrons. The second-order valence-electron chi connectivity index (χ2n) is 5.36. The first-order valence-corrected chi connectivity index (χ1v) is 7.09. The highest BCUT2D eigenvalue weighted by Gasteiger charge is 2.42. The van der Waals surface area contributed by atoms with Crippen molar-refractivity contribution in [2.75, 3.05) is 26.7 Å². The largest absolute Gasteiger partial charge is 0.496 e. The van der Waals surface area contributed by atoms with E-state index in [1.54, 1.807) is 12.0 Å². The summed E-state index contributed by atoms with van der Waals surface area (Å²) in [6.07, 6.45) is 0.247. The average molecular weight is 303 g/mol. The van der Waals surface area contributed by atoms with Crippen molar-refractivity contribution in [2.45, 2.75) is 12.5 Å². The summed E-state index contributed by atoms with van der Waals surface area (Å²) in [6, 6.07) is 6.80. The Labute approximate surface area is 127 Å². The van der Waals surface area contributed by atoms with Gasteiger partial charge in [0, 0.05) is 18.7 Å². The molecule has 0 radical (unpaired) electrons. The molecule has 2 aliphatic heterocycles. The molecular weight excluding hydrogens is 286 g/mol. The zero-order valence-electron chi connectivity index (χ0n) is 12.2. The number of methoxy groups -OCH3 is 1. The van der Waals surface area contributed by atoms with Gasteiger partial charge in [0.2, 0.25) is 11.8 Å². The normalized spacial score (nSPS) is 18.2. The number of hydrogen-bond acceptors (Lipinski definition) is 4. The molecule has 0 aromatic heterocycles. The van der Waals surface area contributed by atoms with Crippen LogP contribution < -0.4 is 10.1 Å². The lowest BCUT2D eigenvalue weighted by Crippen LogP contribution is -2.62. The Kier molecular flexibility index (Phi) is 3.70. The minimum Gasteiger partial charge on any atom is -0.496 e. The van der Waals surface area contributed by atoms with Crippen LogP contribution in [0, 0.1) is 0 Å². The van der Waals surface area contributed by atoms with Crippen LogP contribution in [0.25, 0.3) is 0 Å². The van der Waals surface area contributed by atoms with Gasteiger partial charge >= 0.3 is 6.03 Å². The van der Waals surface area contributed by atoms with Crippen LogP contribution in [0.1, 0.15) is 5.56 Å². The van der Waals surface area contributed by atoms with Crippen LogP contribution in [0.2, 0.25) is 0 Å². The molecule has 7 nitrogen and oxygen atoms in total. The van der Waals surface area contributed by atoms with Crippen molar-refractivity contribution < 1.29 is 19.1 Å². The van der Waals surface area contributed by atoms with E-state index < -0.39 is 0 Å². The van der Waals surface area contributed by atoms with E-state index in [0.29, 0.717) is 18.8 Å². The number of urea groups is 1.